The molecule has 11 heavy (non-hydrogen) atoms. The normalized spacial score (nSPS) is 9.18. The van der Waals surface area contributed by atoms with Gasteiger partial charge in [-0.3, -0.25) is 9.59 Å². The third-order valence-electron chi connectivity index (χ3n) is 1.13. The molecule has 0 atom stereocenters. The van der Waals surface area contributed by atoms with Crippen molar-refractivity contribution < 1.29 is 9.59 Å². The van der Waals surface area contributed by atoms with E-state index in [1.165, 1.54) is 18.2 Å². The zero-order chi connectivity index (χ0) is 8.27. The molecule has 0 amide bonds. The van der Waals surface area contributed by atoms with Crippen LogP contribution in [0.25, 0.3) is 0 Å². The Kier molecular flexibility index (Phi) is 2.39. The van der Waals surface area contributed by atoms with Crippen molar-refractivity contribution >= 4 is 24.2 Å². The van der Waals surface area contributed by atoms with E-state index in [0.29, 0.717) is 5.02 Å². The molecule has 1 aromatic carbocycles. The summed E-state index contributed by atoms with van der Waals surface area (Å²) >= 11 is 5.55. The van der Waals surface area contributed by atoms with Crippen LogP contribution < -0.4 is 0 Å². The summed E-state index contributed by atoms with van der Waals surface area (Å²) in [6, 6.07) is 4.22. The van der Waals surface area contributed by atoms with Crippen molar-refractivity contribution in [1.82, 2.24) is 0 Å². The zero-order valence-corrected chi connectivity index (χ0v) is 6.18. The summed E-state index contributed by atoms with van der Waals surface area (Å²) in [5.74, 6) is 0. The molecule has 1 rings (SSSR count). The molecule has 2 nitrogen and oxygen atoms in total. The Hall–Kier alpha value is -1.15. The van der Waals surface area contributed by atoms with Gasteiger partial charge in [-0.2, -0.15) is 0 Å². The maximum Gasteiger partial charge on any atom is 0.233 e. The largest absolute Gasteiger partial charge is 0.285 e. The summed E-state index contributed by atoms with van der Waals surface area (Å²) in [5.41, 5.74) is 0.520. The molecule has 0 unspecified atom stereocenters. The van der Waals surface area contributed by atoms with E-state index in [2.05, 4.69) is 0 Å². The monoisotopic (exact) mass is 166 g/mol. The molecule has 54 valence electrons. The van der Waals surface area contributed by atoms with Crippen LogP contribution in [0.15, 0.2) is 18.2 Å². The Balaban J connectivity index is 3.21. The molecule has 0 bridgehead atoms. The van der Waals surface area contributed by atoms with Gasteiger partial charge >= 0.3 is 0 Å². The van der Waals surface area contributed by atoms with Gasteiger partial charge in [0.05, 0.1) is 0 Å². The molecule has 0 saturated heterocycles. The van der Waals surface area contributed by atoms with Gasteiger partial charge in [0, 0.05) is 16.1 Å². The number of rotatable bonds is 2. The minimum atomic E-state index is 0.260. The lowest BCUT2D eigenvalue weighted by Crippen LogP contribution is -1.85. The summed E-state index contributed by atoms with van der Waals surface area (Å²) in [6.45, 7) is 0. The van der Waals surface area contributed by atoms with E-state index in [1.54, 1.807) is 12.6 Å². The number of carbonyl (C=O) groups excluding carboxylic acids is 2. The molecule has 0 aromatic heterocycles. The minimum absolute atomic E-state index is 0.260. The minimum Gasteiger partial charge on any atom is -0.285 e. The van der Waals surface area contributed by atoms with Gasteiger partial charge < -0.3 is 0 Å². The van der Waals surface area contributed by atoms with Crippen LogP contribution in [0, 0.1) is 0 Å². The van der Waals surface area contributed by atoms with Crippen LogP contribution in [0.4, 0.5) is 0 Å². The van der Waals surface area contributed by atoms with Crippen LogP contribution >= 0.6 is 11.6 Å². The molecule has 0 aliphatic rings. The van der Waals surface area contributed by atoms with Gasteiger partial charge in [-0.1, -0.05) is 11.6 Å². The third kappa shape index (κ3) is 1.88. The third-order valence-corrected chi connectivity index (χ3v) is 1.35. The van der Waals surface area contributed by atoms with Gasteiger partial charge in [-0.25, -0.2) is 0 Å². The molecule has 2 radical (unpaired) electrons. The van der Waals surface area contributed by atoms with E-state index in [4.69, 9.17) is 11.6 Å². The Labute approximate surface area is 68.8 Å². The first kappa shape index (κ1) is 7.95. The van der Waals surface area contributed by atoms with Crippen molar-refractivity contribution in [1.29, 1.82) is 0 Å². The first-order valence-electron chi connectivity index (χ1n) is 2.83. The number of halogens is 1. The summed E-state index contributed by atoms with van der Waals surface area (Å²) in [4.78, 5) is 20.2. The topological polar surface area (TPSA) is 34.1 Å². The van der Waals surface area contributed by atoms with Crippen molar-refractivity contribution in [2.45, 2.75) is 0 Å². The molecule has 1 aromatic rings. The van der Waals surface area contributed by atoms with Crippen LogP contribution in [0.1, 0.15) is 11.1 Å². The van der Waals surface area contributed by atoms with E-state index in [-0.39, 0.29) is 11.1 Å². The molecular formula is C8H3ClO2. The quantitative estimate of drug-likeness (QED) is 0.663. The van der Waals surface area contributed by atoms with Gasteiger partial charge in [0.2, 0.25) is 12.6 Å². The highest BCUT2D eigenvalue weighted by Gasteiger charge is 1.98. The van der Waals surface area contributed by atoms with Crippen LogP contribution in [0.3, 0.4) is 0 Å². The lowest BCUT2D eigenvalue weighted by Gasteiger charge is -1.92. The first-order valence-corrected chi connectivity index (χ1v) is 3.21. The van der Waals surface area contributed by atoms with E-state index in [9.17, 15) is 9.59 Å². The fourth-order valence-corrected chi connectivity index (χ4v) is 0.943. The number of hydrogen-bond donors (Lipinski definition) is 0. The molecule has 0 aliphatic heterocycles. The fraction of sp³-hybridized carbons (Fsp3) is 0. The highest BCUT2D eigenvalue weighted by Crippen LogP contribution is 2.12. The fourth-order valence-electron chi connectivity index (χ4n) is 0.707. The lowest BCUT2D eigenvalue weighted by atomic mass is 10.1. The van der Waals surface area contributed by atoms with Gasteiger partial charge in [0.15, 0.2) is 0 Å². The second kappa shape index (κ2) is 3.30. The van der Waals surface area contributed by atoms with Crippen molar-refractivity contribution in [3.63, 3.8) is 0 Å². The van der Waals surface area contributed by atoms with Gasteiger partial charge in [-0.05, 0) is 18.2 Å². The van der Waals surface area contributed by atoms with Gasteiger partial charge in [-0.15, -0.1) is 0 Å². The molecule has 3 heteroatoms. The predicted octanol–water partition coefficient (Wildman–Crippen LogP) is 1.26. The van der Waals surface area contributed by atoms with Crippen LogP contribution in [-0.2, 0) is 9.59 Å². The standard InChI is InChI=1S/C8H3ClO2/c9-8-2-6(4-10)1-7(3-8)5-11/h1-3H. The molecule has 0 N–H and O–H groups in total. The van der Waals surface area contributed by atoms with Crippen molar-refractivity contribution in [3.05, 3.63) is 34.3 Å². The second-order valence-corrected chi connectivity index (χ2v) is 2.37. The highest BCUT2D eigenvalue weighted by atomic mass is 35.5. The van der Waals surface area contributed by atoms with Gasteiger partial charge in [0.25, 0.3) is 0 Å². The summed E-state index contributed by atoms with van der Waals surface area (Å²) in [7, 11) is 0. The Morgan fingerprint density at radius 2 is 1.45 bits per heavy atom. The zero-order valence-electron chi connectivity index (χ0n) is 5.43. The van der Waals surface area contributed by atoms with Crippen molar-refractivity contribution in [2.24, 2.45) is 0 Å². The Morgan fingerprint density at radius 3 is 1.82 bits per heavy atom. The SMILES string of the molecule is O=[C]c1cc(Cl)cc([C]=O)c1. The van der Waals surface area contributed by atoms with Crippen LogP contribution in [-0.4, -0.2) is 12.6 Å². The maximum atomic E-state index is 10.1. The average molecular weight is 167 g/mol. The van der Waals surface area contributed by atoms with Gasteiger partial charge in [0.1, 0.15) is 0 Å². The molecule has 0 aliphatic carbocycles. The maximum absolute atomic E-state index is 10.1. The molecule has 0 heterocycles. The molecule has 0 spiro atoms. The smallest absolute Gasteiger partial charge is 0.233 e. The molecular weight excluding hydrogens is 164 g/mol. The van der Waals surface area contributed by atoms with E-state index < -0.39 is 0 Å². The van der Waals surface area contributed by atoms with Crippen molar-refractivity contribution in [2.75, 3.05) is 0 Å². The Morgan fingerprint density at radius 1 is 1.00 bits per heavy atom. The summed E-state index contributed by atoms with van der Waals surface area (Å²) in [6.07, 6.45) is 3.26. The highest BCUT2D eigenvalue weighted by molar-refractivity contribution is 6.31. The lowest BCUT2D eigenvalue weighted by molar-refractivity contribution is 0.562. The number of hydrogen-bond acceptors (Lipinski definition) is 2. The van der Waals surface area contributed by atoms with Crippen LogP contribution in [0.5, 0.6) is 0 Å². The summed E-state index contributed by atoms with van der Waals surface area (Å²) < 4.78 is 0. The first-order chi connectivity index (χ1) is 5.26. The molecule has 0 fully saturated rings. The molecule has 0 saturated carbocycles. The van der Waals surface area contributed by atoms with E-state index >= 15 is 0 Å². The summed E-state index contributed by atoms with van der Waals surface area (Å²) in [5, 5.41) is 0.337. The van der Waals surface area contributed by atoms with E-state index in [0.717, 1.165) is 0 Å². The Bertz CT molecular complexity index is 268. The predicted molar refractivity (Wildman–Crippen MR) is 41.0 cm³/mol. The second-order valence-electron chi connectivity index (χ2n) is 1.93. The average Bonchev–Trinajstić information content (AvgIpc) is 2.03. The number of benzene rings is 1. The van der Waals surface area contributed by atoms with Crippen LogP contribution in [0.2, 0.25) is 5.02 Å². The van der Waals surface area contributed by atoms with E-state index in [1.807, 2.05) is 0 Å². The van der Waals surface area contributed by atoms with Crippen molar-refractivity contribution in [3.8, 4) is 0 Å².